The van der Waals surface area contributed by atoms with Gasteiger partial charge in [0.2, 0.25) is 9.70 Å². The highest BCUT2D eigenvalue weighted by Crippen LogP contribution is 2.31. The van der Waals surface area contributed by atoms with Crippen molar-refractivity contribution in [3.63, 3.8) is 0 Å². The Hall–Kier alpha value is 0.300. The summed E-state index contributed by atoms with van der Waals surface area (Å²) in [5.41, 5.74) is -0.511. The lowest BCUT2D eigenvalue weighted by Crippen LogP contribution is -2.58. The second-order valence-electron chi connectivity index (χ2n) is 6.20. The van der Waals surface area contributed by atoms with Crippen LogP contribution in [0.25, 0.3) is 0 Å². The van der Waals surface area contributed by atoms with Crippen LogP contribution in [0, 0.1) is 5.41 Å². The maximum Gasteiger partial charge on any atom is 0.226 e. The molecule has 0 aromatic rings. The molecule has 1 atom stereocenters. The molecule has 112 valence electrons. The predicted octanol–water partition coefficient (Wildman–Crippen LogP) is 3.77. The van der Waals surface area contributed by atoms with Gasteiger partial charge in [0, 0.05) is 11.5 Å². The van der Waals surface area contributed by atoms with E-state index in [9.17, 15) is 4.79 Å². The van der Waals surface area contributed by atoms with E-state index in [4.69, 9.17) is 34.8 Å². The van der Waals surface area contributed by atoms with E-state index in [2.05, 4.69) is 10.6 Å². The quantitative estimate of drug-likeness (QED) is 0.611. The number of rotatable bonds is 3. The molecule has 0 aromatic heterocycles. The first-order valence-corrected chi connectivity index (χ1v) is 7.88. The van der Waals surface area contributed by atoms with Gasteiger partial charge in [-0.3, -0.25) is 10.1 Å². The predicted molar refractivity (Wildman–Crippen MR) is 81.7 cm³/mol. The minimum absolute atomic E-state index is 0.132. The summed E-state index contributed by atoms with van der Waals surface area (Å²) in [7, 11) is 0. The third-order valence-corrected chi connectivity index (χ3v) is 3.95. The van der Waals surface area contributed by atoms with Crippen molar-refractivity contribution in [3.8, 4) is 0 Å². The summed E-state index contributed by atoms with van der Waals surface area (Å²) in [6.45, 7) is 5.50. The van der Waals surface area contributed by atoms with Crippen LogP contribution in [0.1, 0.15) is 52.9 Å². The summed E-state index contributed by atoms with van der Waals surface area (Å²) < 4.78 is -1.56. The van der Waals surface area contributed by atoms with Gasteiger partial charge in [0.1, 0.15) is 6.17 Å². The summed E-state index contributed by atoms with van der Waals surface area (Å²) in [5, 5.41) is 6.07. The van der Waals surface area contributed by atoms with Gasteiger partial charge in [0.25, 0.3) is 0 Å². The van der Waals surface area contributed by atoms with Crippen molar-refractivity contribution in [2.45, 2.75) is 68.9 Å². The normalized spacial score (nSPS) is 20.1. The number of nitrogens with one attached hydrogen (secondary N) is 2. The van der Waals surface area contributed by atoms with Gasteiger partial charge in [-0.05, 0) is 12.8 Å². The number of carbonyl (C=O) groups is 1. The Morgan fingerprint density at radius 2 is 1.63 bits per heavy atom. The van der Waals surface area contributed by atoms with Crippen molar-refractivity contribution in [1.82, 2.24) is 10.6 Å². The Bertz CT molecular complexity index is 304. The van der Waals surface area contributed by atoms with Crippen LogP contribution in [-0.2, 0) is 4.79 Å². The molecule has 1 rings (SSSR count). The van der Waals surface area contributed by atoms with Crippen molar-refractivity contribution in [3.05, 3.63) is 0 Å². The van der Waals surface area contributed by atoms with Crippen molar-refractivity contribution in [2.24, 2.45) is 5.41 Å². The Labute approximate surface area is 130 Å². The molecule has 6 heteroatoms. The second kappa shape index (κ2) is 6.84. The Balaban J connectivity index is 2.64. The molecule has 0 aromatic carbocycles. The van der Waals surface area contributed by atoms with Gasteiger partial charge in [0.05, 0.1) is 0 Å². The lowest BCUT2D eigenvalue weighted by molar-refractivity contribution is -0.129. The first-order valence-electron chi connectivity index (χ1n) is 6.74. The van der Waals surface area contributed by atoms with Gasteiger partial charge in [-0.1, -0.05) is 74.8 Å². The third kappa shape index (κ3) is 6.07. The zero-order valence-corrected chi connectivity index (χ0v) is 14.0. The standard InChI is InChI=1S/C13H23Cl3N2O/c1-12(2,3)11(19)18-10(13(14,15)16)17-9-7-5-4-6-8-9/h9-10,17H,4-8H2,1-3H3,(H,18,19)/t10-/m0/s1. The molecule has 0 spiro atoms. The molecule has 19 heavy (non-hydrogen) atoms. The van der Waals surface area contributed by atoms with Crippen LogP contribution in [0.4, 0.5) is 0 Å². The Morgan fingerprint density at radius 3 is 2.05 bits per heavy atom. The highest BCUT2D eigenvalue weighted by molar-refractivity contribution is 6.68. The van der Waals surface area contributed by atoms with Gasteiger partial charge >= 0.3 is 0 Å². The summed E-state index contributed by atoms with van der Waals surface area (Å²) >= 11 is 17.9. The first kappa shape index (κ1) is 17.4. The van der Waals surface area contributed by atoms with Gasteiger partial charge < -0.3 is 5.32 Å². The van der Waals surface area contributed by atoms with E-state index in [1.165, 1.54) is 19.3 Å². The molecular weight excluding hydrogens is 307 g/mol. The number of hydrogen-bond donors (Lipinski definition) is 2. The molecule has 1 amide bonds. The Kier molecular flexibility index (Phi) is 6.25. The van der Waals surface area contributed by atoms with Crippen molar-refractivity contribution in [1.29, 1.82) is 0 Å². The number of carbonyl (C=O) groups excluding carboxylic acids is 1. The van der Waals surface area contributed by atoms with Crippen LogP contribution in [0.2, 0.25) is 0 Å². The average Bonchev–Trinajstić information content (AvgIpc) is 2.27. The highest BCUT2D eigenvalue weighted by atomic mass is 35.6. The summed E-state index contributed by atoms with van der Waals surface area (Å²) in [4.78, 5) is 12.0. The van der Waals surface area contributed by atoms with Crippen LogP contribution in [0.15, 0.2) is 0 Å². The van der Waals surface area contributed by atoms with Gasteiger partial charge in [-0.2, -0.15) is 0 Å². The van der Waals surface area contributed by atoms with E-state index in [0.717, 1.165) is 12.8 Å². The largest absolute Gasteiger partial charge is 0.336 e. The number of alkyl halides is 3. The lowest BCUT2D eigenvalue weighted by Gasteiger charge is -2.34. The first-order chi connectivity index (χ1) is 8.60. The molecule has 0 saturated heterocycles. The lowest BCUT2D eigenvalue weighted by atomic mass is 9.94. The smallest absolute Gasteiger partial charge is 0.226 e. The topological polar surface area (TPSA) is 41.1 Å². The number of hydrogen-bond acceptors (Lipinski definition) is 2. The van der Waals surface area contributed by atoms with Crippen LogP contribution < -0.4 is 10.6 Å². The minimum atomic E-state index is -1.56. The van der Waals surface area contributed by atoms with E-state index in [1.54, 1.807) is 0 Å². The molecule has 1 aliphatic carbocycles. The zero-order valence-electron chi connectivity index (χ0n) is 11.7. The number of amides is 1. The molecule has 1 fully saturated rings. The molecule has 0 radical (unpaired) electrons. The monoisotopic (exact) mass is 328 g/mol. The molecule has 2 N–H and O–H groups in total. The van der Waals surface area contributed by atoms with Crippen LogP contribution in [0.5, 0.6) is 0 Å². The fourth-order valence-corrected chi connectivity index (χ4v) is 2.42. The van der Waals surface area contributed by atoms with Crippen LogP contribution in [0.3, 0.4) is 0 Å². The maximum atomic E-state index is 12.0. The number of halogens is 3. The van der Waals surface area contributed by atoms with Crippen molar-refractivity contribution >= 4 is 40.7 Å². The van der Waals surface area contributed by atoms with E-state index in [0.29, 0.717) is 6.04 Å². The van der Waals surface area contributed by atoms with Crippen molar-refractivity contribution in [2.75, 3.05) is 0 Å². The molecule has 1 saturated carbocycles. The van der Waals surface area contributed by atoms with E-state index in [-0.39, 0.29) is 5.91 Å². The fraction of sp³-hybridized carbons (Fsp3) is 0.923. The SMILES string of the molecule is CC(C)(C)C(=O)N[C@H](NC1CCCCC1)C(Cl)(Cl)Cl. The molecule has 0 bridgehead atoms. The highest BCUT2D eigenvalue weighted by Gasteiger charge is 2.37. The van der Waals surface area contributed by atoms with Gasteiger partial charge in [0.15, 0.2) is 0 Å². The van der Waals surface area contributed by atoms with E-state index >= 15 is 0 Å². The molecule has 0 heterocycles. The fourth-order valence-electron chi connectivity index (χ4n) is 2.07. The average molecular weight is 330 g/mol. The zero-order chi connectivity index (χ0) is 14.7. The Morgan fingerprint density at radius 1 is 1.11 bits per heavy atom. The van der Waals surface area contributed by atoms with E-state index in [1.807, 2.05) is 20.8 Å². The molecule has 1 aliphatic rings. The third-order valence-electron chi connectivity index (χ3n) is 3.29. The summed E-state index contributed by atoms with van der Waals surface area (Å²) in [6.07, 6.45) is 5.07. The molecule has 0 aliphatic heterocycles. The van der Waals surface area contributed by atoms with Crippen LogP contribution in [-0.4, -0.2) is 21.9 Å². The van der Waals surface area contributed by atoms with Crippen molar-refractivity contribution < 1.29 is 4.79 Å². The van der Waals surface area contributed by atoms with Crippen LogP contribution >= 0.6 is 34.8 Å². The van der Waals surface area contributed by atoms with E-state index < -0.39 is 15.4 Å². The van der Waals surface area contributed by atoms with Gasteiger partial charge in [-0.25, -0.2) is 0 Å². The maximum absolute atomic E-state index is 12.0. The summed E-state index contributed by atoms with van der Waals surface area (Å²) in [5.74, 6) is -0.132. The molecule has 0 unspecified atom stereocenters. The molecular formula is C13H23Cl3N2O. The second-order valence-corrected chi connectivity index (χ2v) is 8.57. The van der Waals surface area contributed by atoms with Gasteiger partial charge in [-0.15, -0.1) is 0 Å². The minimum Gasteiger partial charge on any atom is -0.336 e. The molecule has 3 nitrogen and oxygen atoms in total. The summed E-state index contributed by atoms with van der Waals surface area (Å²) in [6, 6.07) is 0.301.